The molecular formula is C23H17N3O2. The van der Waals surface area contributed by atoms with Crippen LogP contribution in [0.4, 0.5) is 0 Å². The lowest BCUT2D eigenvalue weighted by molar-refractivity contribution is -0.118. The number of amides is 1. The number of primary amides is 1. The monoisotopic (exact) mass is 367 g/mol. The highest BCUT2D eigenvalue weighted by Gasteiger charge is 2.17. The van der Waals surface area contributed by atoms with Gasteiger partial charge in [-0.2, -0.15) is 0 Å². The van der Waals surface area contributed by atoms with Crippen molar-refractivity contribution >= 4 is 27.7 Å². The van der Waals surface area contributed by atoms with Gasteiger partial charge in [0.15, 0.2) is 5.75 Å². The molecule has 0 spiro atoms. The van der Waals surface area contributed by atoms with Crippen molar-refractivity contribution in [1.82, 2.24) is 9.97 Å². The summed E-state index contributed by atoms with van der Waals surface area (Å²) in [5.74, 6) is 2.14. The smallest absolute Gasteiger partial charge is 0.238 e. The molecule has 0 fully saturated rings. The van der Waals surface area contributed by atoms with E-state index in [0.717, 1.165) is 21.9 Å². The molecule has 1 amide bonds. The lowest BCUT2D eigenvalue weighted by Crippen LogP contribution is -2.20. The van der Waals surface area contributed by atoms with E-state index in [2.05, 4.69) is 22.0 Å². The van der Waals surface area contributed by atoms with Gasteiger partial charge in [-0.25, -0.2) is 4.98 Å². The zero-order chi connectivity index (χ0) is 19.7. The maximum absolute atomic E-state index is 11.6. The van der Waals surface area contributed by atoms with Gasteiger partial charge in [0.1, 0.15) is 17.2 Å². The van der Waals surface area contributed by atoms with Crippen LogP contribution in [0.2, 0.25) is 0 Å². The number of nitrogens with zero attached hydrogens (tertiary/aromatic N) is 2. The number of terminal acetylenes is 1. The molecule has 0 aliphatic rings. The molecule has 4 rings (SSSR count). The van der Waals surface area contributed by atoms with E-state index in [4.69, 9.17) is 16.9 Å². The number of para-hydroxylation sites is 1. The van der Waals surface area contributed by atoms with Crippen LogP contribution in [-0.4, -0.2) is 15.9 Å². The summed E-state index contributed by atoms with van der Waals surface area (Å²) in [5.41, 5.74) is 8.41. The number of nitrogens with two attached hydrogens (primary N) is 1. The number of hydrogen-bond acceptors (Lipinski definition) is 4. The summed E-state index contributed by atoms with van der Waals surface area (Å²) >= 11 is 0. The number of pyridine rings is 2. The lowest BCUT2D eigenvalue weighted by Gasteiger charge is -2.12. The second-order valence-electron chi connectivity index (χ2n) is 6.54. The van der Waals surface area contributed by atoms with Crippen molar-refractivity contribution in [2.45, 2.75) is 12.8 Å². The van der Waals surface area contributed by atoms with Gasteiger partial charge in [-0.15, -0.1) is 6.42 Å². The van der Waals surface area contributed by atoms with Gasteiger partial charge < -0.3 is 10.5 Å². The third-order valence-corrected chi connectivity index (χ3v) is 4.47. The first kappa shape index (κ1) is 17.5. The van der Waals surface area contributed by atoms with Gasteiger partial charge in [0.2, 0.25) is 5.91 Å². The standard InChI is InChI=1S/C23H17N3O2/c1-3-18(23(24)27)20-9-7-15-5-4-6-21(22(15)26-20)28-17-8-10-19-16(12-17)11-14(2)13-25-19/h1,4-13,18H,2H3,(H2,24,27). The number of ether oxygens (including phenoxy) is 1. The Morgan fingerprint density at radius 2 is 2.00 bits per heavy atom. The van der Waals surface area contributed by atoms with Crippen LogP contribution in [0, 0.1) is 19.3 Å². The molecule has 2 aromatic heterocycles. The van der Waals surface area contributed by atoms with Crippen molar-refractivity contribution in [3.8, 4) is 23.8 Å². The van der Waals surface area contributed by atoms with Crippen molar-refractivity contribution in [1.29, 1.82) is 0 Å². The maximum Gasteiger partial charge on any atom is 0.238 e. The molecule has 136 valence electrons. The summed E-state index contributed by atoms with van der Waals surface area (Å²) in [4.78, 5) is 20.6. The first-order valence-electron chi connectivity index (χ1n) is 8.74. The van der Waals surface area contributed by atoms with Crippen molar-refractivity contribution in [3.05, 3.63) is 72.1 Å². The van der Waals surface area contributed by atoms with Crippen LogP contribution in [0.3, 0.4) is 0 Å². The molecule has 2 N–H and O–H groups in total. The van der Waals surface area contributed by atoms with E-state index in [9.17, 15) is 4.79 Å². The first-order valence-corrected chi connectivity index (χ1v) is 8.74. The van der Waals surface area contributed by atoms with Crippen LogP contribution in [0.25, 0.3) is 21.8 Å². The second kappa shape index (κ2) is 7.01. The highest BCUT2D eigenvalue weighted by molar-refractivity contribution is 5.88. The summed E-state index contributed by atoms with van der Waals surface area (Å²) in [6.45, 7) is 2.00. The molecule has 0 radical (unpaired) electrons. The molecule has 0 aliphatic heterocycles. The Hall–Kier alpha value is -3.91. The maximum atomic E-state index is 11.6. The fourth-order valence-electron chi connectivity index (χ4n) is 3.10. The van der Waals surface area contributed by atoms with Gasteiger partial charge in [-0.1, -0.05) is 24.1 Å². The number of aryl methyl sites for hydroxylation is 1. The Kier molecular flexibility index (Phi) is 4.38. The molecule has 0 saturated carbocycles. The molecule has 4 aromatic rings. The van der Waals surface area contributed by atoms with Crippen molar-refractivity contribution < 1.29 is 9.53 Å². The minimum Gasteiger partial charge on any atom is -0.455 e. The minimum absolute atomic E-state index is 0.428. The van der Waals surface area contributed by atoms with Crippen LogP contribution in [0.5, 0.6) is 11.5 Å². The van der Waals surface area contributed by atoms with Gasteiger partial charge in [0.05, 0.1) is 11.2 Å². The summed E-state index contributed by atoms with van der Waals surface area (Å²) in [5, 5.41) is 1.87. The Bertz CT molecular complexity index is 1260. The van der Waals surface area contributed by atoms with Crippen LogP contribution in [-0.2, 0) is 4.79 Å². The fourth-order valence-corrected chi connectivity index (χ4v) is 3.10. The molecule has 1 unspecified atom stereocenters. The zero-order valence-electron chi connectivity index (χ0n) is 15.2. The van der Waals surface area contributed by atoms with Crippen LogP contribution < -0.4 is 10.5 Å². The Balaban J connectivity index is 1.78. The van der Waals surface area contributed by atoms with Gasteiger partial charge in [-0.3, -0.25) is 9.78 Å². The highest BCUT2D eigenvalue weighted by Crippen LogP contribution is 2.31. The van der Waals surface area contributed by atoms with Crippen LogP contribution >= 0.6 is 0 Å². The SMILES string of the molecule is C#CC(C(N)=O)c1ccc2cccc(Oc3ccc4ncc(C)cc4c3)c2n1. The molecule has 1 atom stereocenters. The van der Waals surface area contributed by atoms with Crippen molar-refractivity contribution in [2.75, 3.05) is 0 Å². The summed E-state index contributed by atoms with van der Waals surface area (Å²) in [6, 6.07) is 17.0. The summed E-state index contributed by atoms with van der Waals surface area (Å²) in [7, 11) is 0. The number of benzene rings is 2. The fraction of sp³-hybridized carbons (Fsp3) is 0.0870. The van der Waals surface area contributed by atoms with E-state index in [-0.39, 0.29) is 0 Å². The van der Waals surface area contributed by atoms with E-state index in [1.54, 1.807) is 6.07 Å². The Morgan fingerprint density at radius 1 is 1.14 bits per heavy atom. The Labute approximate surface area is 162 Å². The Morgan fingerprint density at radius 3 is 2.79 bits per heavy atom. The van der Waals surface area contributed by atoms with Gasteiger partial charge in [-0.05, 0) is 48.9 Å². The lowest BCUT2D eigenvalue weighted by atomic mass is 10.0. The molecule has 5 heteroatoms. The van der Waals surface area contributed by atoms with E-state index >= 15 is 0 Å². The van der Waals surface area contributed by atoms with E-state index in [1.165, 1.54) is 0 Å². The van der Waals surface area contributed by atoms with E-state index < -0.39 is 11.8 Å². The quantitative estimate of drug-likeness (QED) is 0.551. The van der Waals surface area contributed by atoms with Gasteiger partial charge >= 0.3 is 0 Å². The third-order valence-electron chi connectivity index (χ3n) is 4.47. The van der Waals surface area contributed by atoms with Crippen molar-refractivity contribution in [3.63, 3.8) is 0 Å². The normalized spacial score (nSPS) is 11.9. The molecular weight excluding hydrogens is 350 g/mol. The van der Waals surface area contributed by atoms with E-state index in [1.807, 2.05) is 55.6 Å². The predicted molar refractivity (Wildman–Crippen MR) is 109 cm³/mol. The largest absolute Gasteiger partial charge is 0.455 e. The van der Waals surface area contributed by atoms with Crippen molar-refractivity contribution in [2.24, 2.45) is 5.73 Å². The highest BCUT2D eigenvalue weighted by atomic mass is 16.5. The zero-order valence-corrected chi connectivity index (χ0v) is 15.2. The molecule has 0 aliphatic carbocycles. The number of rotatable bonds is 4. The second-order valence-corrected chi connectivity index (χ2v) is 6.54. The number of aromatic nitrogens is 2. The van der Waals surface area contributed by atoms with Gasteiger partial charge in [0.25, 0.3) is 0 Å². The number of fused-ring (bicyclic) bond motifs is 2. The first-order chi connectivity index (χ1) is 13.5. The van der Waals surface area contributed by atoms with Crippen LogP contribution in [0.1, 0.15) is 17.2 Å². The molecule has 2 aromatic carbocycles. The summed E-state index contributed by atoms with van der Waals surface area (Å²) in [6.07, 6.45) is 7.28. The molecule has 0 saturated heterocycles. The third kappa shape index (κ3) is 3.24. The molecule has 0 bridgehead atoms. The average Bonchev–Trinajstić information content (AvgIpc) is 2.68. The molecule has 2 heterocycles. The minimum atomic E-state index is -0.882. The molecule has 28 heavy (non-hydrogen) atoms. The van der Waals surface area contributed by atoms with Gasteiger partial charge in [0, 0.05) is 17.0 Å². The van der Waals surface area contributed by atoms with E-state index in [0.29, 0.717) is 22.7 Å². The number of carbonyl (C=O) groups is 1. The average molecular weight is 367 g/mol. The summed E-state index contributed by atoms with van der Waals surface area (Å²) < 4.78 is 6.11. The number of carbonyl (C=O) groups excluding carboxylic acids is 1. The topological polar surface area (TPSA) is 78.1 Å². The molecule has 5 nitrogen and oxygen atoms in total. The number of hydrogen-bond donors (Lipinski definition) is 1. The van der Waals surface area contributed by atoms with Crippen LogP contribution in [0.15, 0.2) is 60.8 Å². The predicted octanol–water partition coefficient (Wildman–Crippen LogP) is 4.09.